The largest absolute Gasteiger partial charge is 0.466 e. The summed E-state index contributed by atoms with van der Waals surface area (Å²) in [7, 11) is 0. The SMILES string of the molecule is CCOC(=O)Cc1ccc(C(F)(F)C(=O)OCC)cc1. The summed E-state index contributed by atoms with van der Waals surface area (Å²) in [4.78, 5) is 22.4. The number of rotatable bonds is 6. The number of alkyl halides is 2. The first kappa shape index (κ1) is 16.1. The Labute approximate surface area is 115 Å². The van der Waals surface area contributed by atoms with Crippen LogP contribution in [0.2, 0.25) is 0 Å². The van der Waals surface area contributed by atoms with Gasteiger partial charge in [-0.15, -0.1) is 0 Å². The lowest BCUT2D eigenvalue weighted by molar-refractivity contribution is -0.173. The van der Waals surface area contributed by atoms with Crippen LogP contribution < -0.4 is 0 Å². The second-order valence-electron chi connectivity index (χ2n) is 3.97. The first-order valence-electron chi connectivity index (χ1n) is 6.21. The van der Waals surface area contributed by atoms with Gasteiger partial charge in [-0.05, 0) is 19.4 Å². The second-order valence-corrected chi connectivity index (χ2v) is 3.97. The van der Waals surface area contributed by atoms with Crippen LogP contribution in [0.3, 0.4) is 0 Å². The van der Waals surface area contributed by atoms with Gasteiger partial charge in [-0.1, -0.05) is 24.3 Å². The molecular formula is C14H16F2O4. The lowest BCUT2D eigenvalue weighted by Crippen LogP contribution is -2.28. The molecule has 0 spiro atoms. The van der Waals surface area contributed by atoms with Crippen molar-refractivity contribution in [3.05, 3.63) is 35.4 Å². The van der Waals surface area contributed by atoms with E-state index in [9.17, 15) is 18.4 Å². The molecule has 20 heavy (non-hydrogen) atoms. The van der Waals surface area contributed by atoms with Crippen molar-refractivity contribution in [2.75, 3.05) is 13.2 Å². The van der Waals surface area contributed by atoms with Crippen molar-refractivity contribution in [1.29, 1.82) is 0 Å². The van der Waals surface area contributed by atoms with E-state index < -0.39 is 23.4 Å². The van der Waals surface area contributed by atoms with Gasteiger partial charge < -0.3 is 9.47 Å². The zero-order chi connectivity index (χ0) is 15.2. The molecule has 0 unspecified atom stereocenters. The first-order chi connectivity index (χ1) is 9.41. The predicted octanol–water partition coefficient (Wildman–Crippen LogP) is 2.45. The number of carbonyl (C=O) groups is 2. The van der Waals surface area contributed by atoms with Crippen molar-refractivity contribution >= 4 is 11.9 Å². The van der Waals surface area contributed by atoms with Gasteiger partial charge in [0.1, 0.15) is 0 Å². The van der Waals surface area contributed by atoms with Gasteiger partial charge in [0.15, 0.2) is 0 Å². The Hall–Kier alpha value is -1.98. The van der Waals surface area contributed by atoms with Crippen LogP contribution in [0.5, 0.6) is 0 Å². The molecule has 0 aliphatic heterocycles. The molecule has 6 heteroatoms. The highest BCUT2D eigenvalue weighted by Gasteiger charge is 2.42. The van der Waals surface area contributed by atoms with E-state index in [1.54, 1.807) is 6.92 Å². The minimum absolute atomic E-state index is 0.000895. The van der Waals surface area contributed by atoms with Crippen LogP contribution in [0.25, 0.3) is 0 Å². The molecule has 0 fully saturated rings. The molecule has 0 radical (unpaired) electrons. The van der Waals surface area contributed by atoms with Gasteiger partial charge in [-0.2, -0.15) is 8.78 Å². The number of carbonyl (C=O) groups excluding carboxylic acids is 2. The highest BCUT2D eigenvalue weighted by Crippen LogP contribution is 2.29. The van der Waals surface area contributed by atoms with Crippen molar-refractivity contribution in [1.82, 2.24) is 0 Å². The third kappa shape index (κ3) is 4.01. The van der Waals surface area contributed by atoms with E-state index in [1.165, 1.54) is 19.1 Å². The molecule has 0 aliphatic rings. The van der Waals surface area contributed by atoms with Gasteiger partial charge in [0.2, 0.25) is 0 Å². The molecule has 0 atom stereocenters. The topological polar surface area (TPSA) is 52.6 Å². The van der Waals surface area contributed by atoms with Crippen molar-refractivity contribution in [3.8, 4) is 0 Å². The molecular weight excluding hydrogens is 270 g/mol. The maximum absolute atomic E-state index is 13.7. The van der Waals surface area contributed by atoms with E-state index in [0.29, 0.717) is 5.56 Å². The smallest absolute Gasteiger partial charge is 0.381 e. The van der Waals surface area contributed by atoms with Crippen LogP contribution in [0.1, 0.15) is 25.0 Å². The van der Waals surface area contributed by atoms with E-state index in [-0.39, 0.29) is 19.6 Å². The third-order valence-electron chi connectivity index (χ3n) is 2.50. The molecule has 0 aromatic heterocycles. The lowest BCUT2D eigenvalue weighted by Gasteiger charge is -2.15. The Balaban J connectivity index is 2.80. The fraction of sp³-hybridized carbons (Fsp3) is 0.429. The lowest BCUT2D eigenvalue weighted by atomic mass is 10.0. The van der Waals surface area contributed by atoms with Crippen molar-refractivity contribution in [2.45, 2.75) is 26.2 Å². The Morgan fingerprint density at radius 3 is 2.10 bits per heavy atom. The highest BCUT2D eigenvalue weighted by molar-refractivity contribution is 5.79. The maximum Gasteiger partial charge on any atom is 0.381 e. The molecule has 1 aromatic carbocycles. The van der Waals surface area contributed by atoms with Gasteiger partial charge in [-0.25, -0.2) is 4.79 Å². The molecule has 110 valence electrons. The number of esters is 2. The van der Waals surface area contributed by atoms with Crippen LogP contribution in [-0.2, 0) is 31.4 Å². The van der Waals surface area contributed by atoms with Gasteiger partial charge in [0.05, 0.1) is 19.6 Å². The first-order valence-corrected chi connectivity index (χ1v) is 6.21. The normalized spacial score (nSPS) is 11.0. The number of halogens is 2. The fourth-order valence-electron chi connectivity index (χ4n) is 1.55. The van der Waals surface area contributed by atoms with Crippen LogP contribution >= 0.6 is 0 Å². The summed E-state index contributed by atoms with van der Waals surface area (Å²) in [6.07, 6.45) is -0.000895. The molecule has 0 saturated carbocycles. The minimum Gasteiger partial charge on any atom is -0.466 e. The van der Waals surface area contributed by atoms with Gasteiger partial charge in [0.25, 0.3) is 0 Å². The second kappa shape index (κ2) is 6.98. The number of benzene rings is 1. The van der Waals surface area contributed by atoms with E-state index in [0.717, 1.165) is 12.1 Å². The van der Waals surface area contributed by atoms with E-state index in [4.69, 9.17) is 4.74 Å². The van der Waals surface area contributed by atoms with Gasteiger partial charge in [-0.3, -0.25) is 4.79 Å². The molecule has 4 nitrogen and oxygen atoms in total. The number of ether oxygens (including phenoxy) is 2. The minimum atomic E-state index is -3.70. The Morgan fingerprint density at radius 2 is 1.60 bits per heavy atom. The maximum atomic E-state index is 13.7. The van der Waals surface area contributed by atoms with Crippen LogP contribution in [-0.4, -0.2) is 25.2 Å². The molecule has 0 aliphatic carbocycles. The van der Waals surface area contributed by atoms with Crippen LogP contribution in [0, 0.1) is 0 Å². The summed E-state index contributed by atoms with van der Waals surface area (Å²) in [5, 5.41) is 0. The predicted molar refractivity (Wildman–Crippen MR) is 67.3 cm³/mol. The average molecular weight is 286 g/mol. The number of hydrogen-bond acceptors (Lipinski definition) is 4. The Morgan fingerprint density at radius 1 is 1.05 bits per heavy atom. The Bertz CT molecular complexity index is 469. The standard InChI is InChI=1S/C14H16F2O4/c1-3-19-12(17)9-10-5-7-11(8-6-10)14(15,16)13(18)20-4-2/h5-8H,3-4,9H2,1-2H3. The summed E-state index contributed by atoms with van der Waals surface area (Å²) >= 11 is 0. The quantitative estimate of drug-likeness (QED) is 0.754. The monoisotopic (exact) mass is 286 g/mol. The fourth-order valence-corrected chi connectivity index (χ4v) is 1.55. The van der Waals surface area contributed by atoms with Crippen molar-refractivity contribution < 1.29 is 27.8 Å². The molecule has 0 amide bonds. The van der Waals surface area contributed by atoms with E-state index >= 15 is 0 Å². The summed E-state index contributed by atoms with van der Waals surface area (Å²) in [6.45, 7) is 3.28. The van der Waals surface area contributed by atoms with E-state index in [2.05, 4.69) is 4.74 Å². The van der Waals surface area contributed by atoms with E-state index in [1.807, 2.05) is 0 Å². The molecule has 1 aromatic rings. The van der Waals surface area contributed by atoms with Gasteiger partial charge >= 0.3 is 17.9 Å². The summed E-state index contributed by atoms with van der Waals surface area (Å²) < 4.78 is 36.4. The summed E-state index contributed by atoms with van der Waals surface area (Å²) in [5.41, 5.74) is 0.0652. The van der Waals surface area contributed by atoms with Crippen LogP contribution in [0.4, 0.5) is 8.78 Å². The van der Waals surface area contributed by atoms with Crippen LogP contribution in [0.15, 0.2) is 24.3 Å². The Kier molecular flexibility index (Phi) is 5.61. The average Bonchev–Trinajstić information content (AvgIpc) is 2.39. The summed E-state index contributed by atoms with van der Waals surface area (Å²) in [5.74, 6) is -5.71. The molecule has 0 saturated heterocycles. The third-order valence-corrected chi connectivity index (χ3v) is 2.50. The zero-order valence-corrected chi connectivity index (χ0v) is 11.3. The molecule has 0 bridgehead atoms. The number of hydrogen-bond donors (Lipinski definition) is 0. The highest BCUT2D eigenvalue weighted by atomic mass is 19.3. The summed E-state index contributed by atoms with van der Waals surface area (Å²) in [6, 6.07) is 4.93. The molecule has 0 heterocycles. The molecule has 1 rings (SSSR count). The zero-order valence-electron chi connectivity index (χ0n) is 11.3. The van der Waals surface area contributed by atoms with Crippen molar-refractivity contribution in [3.63, 3.8) is 0 Å². The van der Waals surface area contributed by atoms with Crippen molar-refractivity contribution in [2.24, 2.45) is 0 Å². The molecule has 0 N–H and O–H groups in total. The van der Waals surface area contributed by atoms with Gasteiger partial charge in [0, 0.05) is 5.56 Å².